The largest absolute Gasteiger partial charge is 0.391 e. The molecular formula is C34H52N10O7. The van der Waals surface area contributed by atoms with E-state index in [1.165, 1.54) is 31.8 Å². The molecule has 4 fully saturated rings. The second-order valence-electron chi connectivity index (χ2n) is 13.9. The Labute approximate surface area is 296 Å². The summed E-state index contributed by atoms with van der Waals surface area (Å²) >= 11 is 0. The van der Waals surface area contributed by atoms with E-state index < -0.39 is 55.2 Å². The van der Waals surface area contributed by atoms with Gasteiger partial charge in [0.2, 0.25) is 0 Å². The molecule has 0 radical (unpaired) electrons. The lowest BCUT2D eigenvalue weighted by Gasteiger charge is -2.18. The summed E-state index contributed by atoms with van der Waals surface area (Å²) in [6.45, 7) is 6.06. The van der Waals surface area contributed by atoms with Gasteiger partial charge in [-0.25, -0.2) is 29.9 Å². The van der Waals surface area contributed by atoms with E-state index in [0.29, 0.717) is 58.8 Å². The van der Waals surface area contributed by atoms with Crippen molar-refractivity contribution in [2.75, 3.05) is 10.6 Å². The smallest absolute Gasteiger partial charge is 0.167 e. The highest BCUT2D eigenvalue weighted by Gasteiger charge is 2.44. The molecule has 4 aromatic heterocycles. The molecule has 8 rings (SSSR count). The summed E-state index contributed by atoms with van der Waals surface area (Å²) in [6.07, 6.45) is 6.90. The van der Waals surface area contributed by atoms with E-state index in [-0.39, 0.29) is 13.5 Å². The van der Waals surface area contributed by atoms with Crippen molar-refractivity contribution in [3.8, 4) is 0 Å². The maximum absolute atomic E-state index is 10.3. The van der Waals surface area contributed by atoms with Crippen molar-refractivity contribution in [1.29, 1.82) is 0 Å². The number of anilines is 2. The molecule has 6 heterocycles. The molecule has 0 spiro atoms. The van der Waals surface area contributed by atoms with Crippen molar-refractivity contribution in [2.24, 2.45) is 5.92 Å². The summed E-state index contributed by atoms with van der Waals surface area (Å²) in [7, 11) is 0. The first-order valence-electron chi connectivity index (χ1n) is 17.8. The van der Waals surface area contributed by atoms with Crippen LogP contribution in [0.15, 0.2) is 25.3 Å². The van der Waals surface area contributed by atoms with Gasteiger partial charge in [-0.05, 0) is 50.9 Å². The molecule has 17 nitrogen and oxygen atoms in total. The van der Waals surface area contributed by atoms with E-state index in [1.807, 2.05) is 13.8 Å². The predicted molar refractivity (Wildman–Crippen MR) is 188 cm³/mol. The maximum Gasteiger partial charge on any atom is 0.167 e. The molecule has 4 unspecified atom stereocenters. The third-order valence-electron chi connectivity index (χ3n) is 10.7. The monoisotopic (exact) mass is 712 g/mol. The first-order chi connectivity index (χ1) is 24.2. The summed E-state index contributed by atoms with van der Waals surface area (Å²) < 4.78 is 14.9. The van der Waals surface area contributed by atoms with Gasteiger partial charge in [0, 0.05) is 6.04 Å². The lowest BCUT2D eigenvalue weighted by Crippen LogP contribution is -2.31. The van der Waals surface area contributed by atoms with Gasteiger partial charge in [-0.1, -0.05) is 34.6 Å². The topological polar surface area (TPSA) is 231 Å². The fraction of sp³-hybridized carbons (Fsp3) is 0.706. The van der Waals surface area contributed by atoms with Crippen LogP contribution in [0.3, 0.4) is 0 Å². The van der Waals surface area contributed by atoms with Crippen molar-refractivity contribution in [3.63, 3.8) is 0 Å². The van der Waals surface area contributed by atoms with Crippen LogP contribution in [0.1, 0.15) is 92.0 Å². The quantitative estimate of drug-likeness (QED) is 0.139. The third-order valence-corrected chi connectivity index (χ3v) is 10.7. The van der Waals surface area contributed by atoms with E-state index in [0.717, 1.165) is 25.7 Å². The molecule has 12 atom stereocenters. The maximum atomic E-state index is 10.3. The minimum atomic E-state index is -1.05. The van der Waals surface area contributed by atoms with Crippen LogP contribution in [0.2, 0.25) is 0 Å². The van der Waals surface area contributed by atoms with Gasteiger partial charge >= 0.3 is 0 Å². The fourth-order valence-corrected chi connectivity index (χ4v) is 7.70. The Balaban J connectivity index is 0.000000172. The number of aliphatic hydroxyl groups is 5. The molecule has 51 heavy (non-hydrogen) atoms. The minimum absolute atomic E-state index is 0. The van der Waals surface area contributed by atoms with Crippen LogP contribution in [-0.4, -0.2) is 119 Å². The first-order valence-corrected chi connectivity index (χ1v) is 17.8. The molecule has 4 aliphatic rings. The van der Waals surface area contributed by atoms with Crippen LogP contribution in [0, 0.1) is 5.92 Å². The Morgan fingerprint density at radius 3 is 1.53 bits per heavy atom. The molecule has 0 bridgehead atoms. The molecule has 280 valence electrons. The van der Waals surface area contributed by atoms with Gasteiger partial charge in [-0.3, -0.25) is 9.13 Å². The summed E-state index contributed by atoms with van der Waals surface area (Å²) in [5, 5.41) is 57.6. The molecule has 2 saturated heterocycles. The van der Waals surface area contributed by atoms with E-state index in [4.69, 9.17) is 9.47 Å². The predicted octanol–water partition coefficient (Wildman–Crippen LogP) is 2.27. The van der Waals surface area contributed by atoms with E-state index >= 15 is 0 Å². The number of imidazole rings is 2. The zero-order valence-electron chi connectivity index (χ0n) is 28.5. The normalized spacial score (nSPS) is 34.8. The number of nitrogens with zero attached hydrogens (tertiary/aromatic N) is 8. The Bertz CT molecular complexity index is 1630. The van der Waals surface area contributed by atoms with Crippen molar-refractivity contribution in [3.05, 3.63) is 25.3 Å². The van der Waals surface area contributed by atoms with Crippen LogP contribution < -0.4 is 10.6 Å². The summed E-state index contributed by atoms with van der Waals surface area (Å²) in [6, 6.07) is 0.339. The van der Waals surface area contributed by atoms with Crippen LogP contribution in [0.25, 0.3) is 22.3 Å². The zero-order valence-corrected chi connectivity index (χ0v) is 28.5. The summed E-state index contributed by atoms with van der Waals surface area (Å²) in [4.78, 5) is 26.0. The minimum Gasteiger partial charge on any atom is -0.391 e. The standard InChI is InChI=1S/C17H25N5O3.C16H23N5O4.CH4/c1-3-11-13(23)14(24)17(25-11)22-8-20-12-15(18-7-19-16(12)22)21-10-6-4-5-9(10)2;1-2-10-12(23)13(24)16(25-10)21-7-19-11-14(17-6-18-15(11)21)20-8-4-3-5-9(8)22;/h7-11,13-14,17,23-24H,3-6H2,1-2H3,(H,18,19,21);6-10,12-13,16,22-24H,2-5H2,1H3,(H,17,18,20);1H4/t9?,10?,11-,13-,14-,17-;8?,9?,10-,12-,13-,16-;/m11./s1. The van der Waals surface area contributed by atoms with Crippen LogP contribution in [0.5, 0.6) is 0 Å². The third kappa shape index (κ3) is 7.00. The molecular weight excluding hydrogens is 660 g/mol. The highest BCUT2D eigenvalue weighted by molar-refractivity contribution is 5.83. The van der Waals surface area contributed by atoms with Gasteiger partial charge in [-0.15, -0.1) is 0 Å². The number of aromatic nitrogens is 8. The molecule has 7 N–H and O–H groups in total. The van der Waals surface area contributed by atoms with Crippen molar-refractivity contribution >= 4 is 34.0 Å². The van der Waals surface area contributed by atoms with Crippen molar-refractivity contribution in [2.45, 2.75) is 147 Å². The number of nitrogens with one attached hydrogen (secondary N) is 2. The molecule has 17 heteroatoms. The lowest BCUT2D eigenvalue weighted by molar-refractivity contribution is -0.0355. The Morgan fingerprint density at radius 2 is 1.12 bits per heavy atom. The molecule has 2 aliphatic carbocycles. The van der Waals surface area contributed by atoms with Crippen LogP contribution in [-0.2, 0) is 9.47 Å². The molecule has 2 aliphatic heterocycles. The second kappa shape index (κ2) is 15.6. The highest BCUT2D eigenvalue weighted by Crippen LogP contribution is 2.36. The Kier molecular flexibility index (Phi) is 11.4. The SMILES string of the molecule is C.CC[C@H]1O[C@@H](n2cnc3c(NC4CCCC4C)ncnc32)[C@H](O)[C@@H]1O.CC[C@H]1O[C@@H](n2cnc3c(NC4CCCC4O)ncnc32)[C@H](O)[C@@H]1O. The summed E-state index contributed by atoms with van der Waals surface area (Å²) in [5.41, 5.74) is 2.31. The van der Waals surface area contributed by atoms with Gasteiger partial charge < -0.3 is 45.6 Å². The van der Waals surface area contributed by atoms with Crippen molar-refractivity contribution < 1.29 is 35.0 Å². The van der Waals surface area contributed by atoms with Gasteiger partial charge in [0.05, 0.1) is 37.0 Å². The van der Waals surface area contributed by atoms with E-state index in [2.05, 4.69) is 47.5 Å². The van der Waals surface area contributed by atoms with Crippen LogP contribution >= 0.6 is 0 Å². The number of hydrogen-bond donors (Lipinski definition) is 7. The Morgan fingerprint density at radius 1 is 0.647 bits per heavy atom. The van der Waals surface area contributed by atoms with Crippen LogP contribution in [0.4, 0.5) is 11.6 Å². The number of ether oxygens (including phenoxy) is 2. The zero-order chi connectivity index (χ0) is 35.1. The molecule has 0 amide bonds. The average molecular weight is 713 g/mol. The molecule has 2 saturated carbocycles. The van der Waals surface area contributed by atoms with Gasteiger partial charge in [-0.2, -0.15) is 0 Å². The van der Waals surface area contributed by atoms with E-state index in [9.17, 15) is 25.5 Å². The number of hydrogen-bond acceptors (Lipinski definition) is 15. The fourth-order valence-electron chi connectivity index (χ4n) is 7.70. The van der Waals surface area contributed by atoms with Crippen molar-refractivity contribution in [1.82, 2.24) is 39.0 Å². The molecule has 0 aromatic carbocycles. The van der Waals surface area contributed by atoms with E-state index in [1.54, 1.807) is 15.5 Å². The number of fused-ring (bicyclic) bond motifs is 2. The molecule has 4 aromatic rings. The van der Waals surface area contributed by atoms with Gasteiger partial charge in [0.25, 0.3) is 0 Å². The lowest BCUT2D eigenvalue weighted by atomic mass is 10.1. The summed E-state index contributed by atoms with van der Waals surface area (Å²) in [5.74, 6) is 1.87. The number of aliphatic hydroxyl groups excluding tert-OH is 5. The van der Waals surface area contributed by atoms with Gasteiger partial charge in [0.15, 0.2) is 46.4 Å². The van der Waals surface area contributed by atoms with Gasteiger partial charge in [0.1, 0.15) is 37.1 Å². The Hall–Kier alpha value is -3.58. The highest BCUT2D eigenvalue weighted by atomic mass is 16.6. The average Bonchev–Trinajstić information content (AvgIpc) is 3.98. The first kappa shape index (κ1) is 37.2. The number of rotatable bonds is 8. The second-order valence-corrected chi connectivity index (χ2v) is 13.9.